The highest BCUT2D eigenvalue weighted by Crippen LogP contribution is 2.40. The van der Waals surface area contributed by atoms with Crippen LogP contribution < -0.4 is 16.6 Å². The van der Waals surface area contributed by atoms with Crippen molar-refractivity contribution in [2.24, 2.45) is 14.1 Å². The molecule has 0 saturated heterocycles. The van der Waals surface area contributed by atoms with Gasteiger partial charge in [0.2, 0.25) is 0 Å². The molecule has 5 rings (SSSR count). The number of rotatable bonds is 1. The average Bonchev–Trinajstić information content (AvgIpc) is 3.32. The molecule has 0 fully saturated rings. The van der Waals surface area contributed by atoms with Crippen molar-refractivity contribution in [3.63, 3.8) is 0 Å². The maximum atomic E-state index is 12.7. The van der Waals surface area contributed by atoms with Gasteiger partial charge in [0.15, 0.2) is 0 Å². The Labute approximate surface area is 147 Å². The van der Waals surface area contributed by atoms with Crippen LogP contribution in [0.2, 0.25) is 0 Å². The van der Waals surface area contributed by atoms with Gasteiger partial charge in [0.25, 0.3) is 5.56 Å². The fraction of sp³-hybridized carbons (Fsp3) is 0.158. The van der Waals surface area contributed by atoms with E-state index in [9.17, 15) is 9.59 Å². The number of anilines is 1. The minimum absolute atomic E-state index is 0.305. The van der Waals surface area contributed by atoms with E-state index < -0.39 is 0 Å². The number of aryl methyl sites for hydroxylation is 1. The Balaban J connectivity index is 1.98. The summed E-state index contributed by atoms with van der Waals surface area (Å²) in [6.45, 7) is 0. The maximum Gasteiger partial charge on any atom is 0.331 e. The Morgan fingerprint density at radius 3 is 2.62 bits per heavy atom. The molecule has 0 aliphatic carbocycles. The zero-order chi connectivity index (χ0) is 18.0. The monoisotopic (exact) mass is 348 g/mol. The Bertz CT molecular complexity index is 1270. The van der Waals surface area contributed by atoms with Gasteiger partial charge in [-0.05, 0) is 24.3 Å². The molecule has 1 aromatic carbocycles. The van der Waals surface area contributed by atoms with E-state index >= 15 is 0 Å². The minimum Gasteiger partial charge on any atom is -0.467 e. The lowest BCUT2D eigenvalue weighted by atomic mass is 10.1. The first kappa shape index (κ1) is 14.8. The Morgan fingerprint density at radius 1 is 1.04 bits per heavy atom. The highest BCUT2D eigenvalue weighted by atomic mass is 16.3. The molecule has 3 aromatic heterocycles. The van der Waals surface area contributed by atoms with Crippen molar-refractivity contribution >= 4 is 16.6 Å². The number of para-hydroxylation sites is 2. The number of benzene rings is 1. The zero-order valence-corrected chi connectivity index (χ0v) is 14.3. The van der Waals surface area contributed by atoms with Crippen LogP contribution in [-0.4, -0.2) is 13.7 Å². The van der Waals surface area contributed by atoms with Crippen LogP contribution in [0.3, 0.4) is 0 Å². The first-order valence-corrected chi connectivity index (χ1v) is 8.28. The van der Waals surface area contributed by atoms with Gasteiger partial charge in [-0.25, -0.2) is 4.79 Å². The van der Waals surface area contributed by atoms with Crippen molar-refractivity contribution in [2.75, 3.05) is 5.32 Å². The third-order valence-corrected chi connectivity index (χ3v) is 5.02. The van der Waals surface area contributed by atoms with E-state index in [-0.39, 0.29) is 17.3 Å². The maximum absolute atomic E-state index is 12.7. The molecule has 1 unspecified atom stereocenters. The predicted octanol–water partition coefficient (Wildman–Crippen LogP) is 2.14. The van der Waals surface area contributed by atoms with Crippen LogP contribution in [0.4, 0.5) is 5.69 Å². The molecular formula is C19H16N4O3. The summed E-state index contributed by atoms with van der Waals surface area (Å²) in [5.41, 5.74) is 2.63. The second-order valence-electron chi connectivity index (χ2n) is 6.46. The second kappa shape index (κ2) is 5.01. The fourth-order valence-electron chi connectivity index (χ4n) is 3.78. The van der Waals surface area contributed by atoms with Crippen molar-refractivity contribution in [3.8, 4) is 5.69 Å². The smallest absolute Gasteiger partial charge is 0.331 e. The number of fused-ring (bicyclic) bond motifs is 5. The number of nitrogens with zero attached hydrogens (tertiary/aromatic N) is 3. The van der Waals surface area contributed by atoms with Crippen molar-refractivity contribution in [1.29, 1.82) is 0 Å². The van der Waals surface area contributed by atoms with Crippen molar-refractivity contribution in [2.45, 2.75) is 6.04 Å². The van der Waals surface area contributed by atoms with E-state index in [0.717, 1.165) is 21.6 Å². The molecule has 7 nitrogen and oxygen atoms in total. The number of furan rings is 1. The second-order valence-corrected chi connectivity index (χ2v) is 6.46. The first-order valence-electron chi connectivity index (χ1n) is 8.28. The van der Waals surface area contributed by atoms with Crippen LogP contribution in [0.5, 0.6) is 0 Å². The molecule has 4 aromatic rings. The van der Waals surface area contributed by atoms with Crippen LogP contribution in [0, 0.1) is 0 Å². The van der Waals surface area contributed by atoms with E-state index in [1.807, 2.05) is 47.2 Å². The van der Waals surface area contributed by atoms with E-state index in [0.29, 0.717) is 16.7 Å². The van der Waals surface area contributed by atoms with Crippen molar-refractivity contribution in [3.05, 3.63) is 81.2 Å². The molecule has 0 radical (unpaired) electrons. The largest absolute Gasteiger partial charge is 0.467 e. The normalized spacial score (nSPS) is 15.5. The molecule has 1 aliphatic rings. The number of nitrogens with one attached hydrogen (secondary N) is 1. The highest BCUT2D eigenvalue weighted by molar-refractivity contribution is 5.86. The summed E-state index contributed by atoms with van der Waals surface area (Å²) in [6.07, 6.45) is 3.42. The lowest BCUT2D eigenvalue weighted by Crippen LogP contribution is -2.37. The Hall–Kier alpha value is -3.48. The van der Waals surface area contributed by atoms with Gasteiger partial charge in [0.1, 0.15) is 11.8 Å². The van der Waals surface area contributed by atoms with Crippen LogP contribution in [0.15, 0.2) is 62.9 Å². The first-order chi connectivity index (χ1) is 12.6. The Morgan fingerprint density at radius 2 is 1.85 bits per heavy atom. The minimum atomic E-state index is -0.353. The van der Waals surface area contributed by atoms with E-state index in [2.05, 4.69) is 5.32 Å². The van der Waals surface area contributed by atoms with Gasteiger partial charge in [-0.3, -0.25) is 13.9 Å². The van der Waals surface area contributed by atoms with Crippen molar-refractivity contribution in [1.82, 2.24) is 13.7 Å². The molecule has 7 heteroatoms. The van der Waals surface area contributed by atoms with Gasteiger partial charge >= 0.3 is 5.69 Å². The molecule has 1 N–H and O–H groups in total. The quantitative estimate of drug-likeness (QED) is 0.572. The number of hydrogen-bond donors (Lipinski definition) is 1. The van der Waals surface area contributed by atoms with Gasteiger partial charge < -0.3 is 14.3 Å². The molecule has 0 amide bonds. The number of hydrogen-bond acceptors (Lipinski definition) is 4. The topological polar surface area (TPSA) is 74.1 Å². The molecule has 0 spiro atoms. The standard InChI is InChI=1S/C19H16N4O3/c1-21-16-11(18(24)22(2)19(21)25)10-23-13-7-4-3-6-12(13)20-15(17(16)23)14-8-5-9-26-14/h3-10,15,20H,1-2H3. The zero-order valence-electron chi connectivity index (χ0n) is 14.3. The van der Waals surface area contributed by atoms with Crippen molar-refractivity contribution < 1.29 is 4.42 Å². The summed E-state index contributed by atoms with van der Waals surface area (Å²) in [6, 6.07) is 11.3. The molecule has 1 aliphatic heterocycles. The average molecular weight is 348 g/mol. The molecule has 0 bridgehead atoms. The van der Waals surface area contributed by atoms with Gasteiger partial charge in [0.05, 0.1) is 34.2 Å². The summed E-state index contributed by atoms with van der Waals surface area (Å²) in [5.74, 6) is 0.717. The van der Waals surface area contributed by atoms with E-state index in [1.54, 1.807) is 13.3 Å². The highest BCUT2D eigenvalue weighted by Gasteiger charge is 2.32. The lowest BCUT2D eigenvalue weighted by Gasteiger charge is -2.28. The molecule has 0 saturated carbocycles. The van der Waals surface area contributed by atoms with Gasteiger partial charge in [-0.2, -0.15) is 0 Å². The third kappa shape index (κ3) is 1.77. The summed E-state index contributed by atoms with van der Waals surface area (Å²) in [5, 5.41) is 3.98. The summed E-state index contributed by atoms with van der Waals surface area (Å²) < 4.78 is 10.3. The predicted molar refractivity (Wildman–Crippen MR) is 97.9 cm³/mol. The summed E-state index contributed by atoms with van der Waals surface area (Å²) in [7, 11) is 3.18. The van der Waals surface area contributed by atoms with Crippen LogP contribution in [0.25, 0.3) is 16.6 Å². The van der Waals surface area contributed by atoms with Crippen LogP contribution >= 0.6 is 0 Å². The van der Waals surface area contributed by atoms with Gasteiger partial charge in [-0.15, -0.1) is 0 Å². The number of aromatic nitrogens is 3. The van der Waals surface area contributed by atoms with Gasteiger partial charge in [-0.1, -0.05) is 12.1 Å². The van der Waals surface area contributed by atoms with Crippen LogP contribution in [-0.2, 0) is 14.1 Å². The summed E-state index contributed by atoms with van der Waals surface area (Å²) >= 11 is 0. The molecule has 4 heterocycles. The summed E-state index contributed by atoms with van der Waals surface area (Å²) in [4.78, 5) is 25.2. The van der Waals surface area contributed by atoms with Crippen LogP contribution in [0.1, 0.15) is 17.5 Å². The lowest BCUT2D eigenvalue weighted by molar-refractivity contribution is 0.492. The third-order valence-electron chi connectivity index (χ3n) is 5.02. The molecule has 1 atom stereocenters. The van der Waals surface area contributed by atoms with E-state index in [1.165, 1.54) is 11.6 Å². The molecular weight excluding hydrogens is 332 g/mol. The molecule has 26 heavy (non-hydrogen) atoms. The fourth-order valence-corrected chi connectivity index (χ4v) is 3.78. The van der Waals surface area contributed by atoms with Gasteiger partial charge in [0, 0.05) is 20.3 Å². The SMILES string of the molecule is Cn1c(=O)c2cn3c(c2n(C)c1=O)C(c1ccco1)Nc1ccccc1-3. The Kier molecular flexibility index (Phi) is 2.86. The molecule has 130 valence electrons. The van der Waals surface area contributed by atoms with E-state index in [4.69, 9.17) is 4.42 Å².